The summed E-state index contributed by atoms with van der Waals surface area (Å²) in [5.41, 5.74) is -0.577. The van der Waals surface area contributed by atoms with Gasteiger partial charge in [-0.25, -0.2) is 9.18 Å². The van der Waals surface area contributed by atoms with E-state index in [4.69, 9.17) is 32.4 Å². The Morgan fingerprint density at radius 3 is 2.43 bits per heavy atom. The lowest BCUT2D eigenvalue weighted by molar-refractivity contribution is 0.471. The van der Waals surface area contributed by atoms with Crippen LogP contribution in [0.25, 0.3) is 11.0 Å². The molecule has 0 unspecified atom stereocenters. The van der Waals surface area contributed by atoms with E-state index in [1.54, 1.807) is 18.2 Å². The van der Waals surface area contributed by atoms with Crippen molar-refractivity contribution in [1.29, 1.82) is 0 Å². The molecule has 0 saturated heterocycles. The van der Waals surface area contributed by atoms with E-state index in [-0.39, 0.29) is 32.5 Å². The summed E-state index contributed by atoms with van der Waals surface area (Å²) in [4.78, 5) is 11.5. The second-order valence-electron chi connectivity index (χ2n) is 4.20. The summed E-state index contributed by atoms with van der Waals surface area (Å²) >= 11 is 12.0. The predicted molar refractivity (Wildman–Crippen MR) is 79.0 cm³/mol. The zero-order valence-electron chi connectivity index (χ0n) is 10.4. The van der Waals surface area contributed by atoms with Crippen LogP contribution in [0.15, 0.2) is 51.7 Å². The minimum Gasteiger partial charge on any atom is -0.453 e. The summed E-state index contributed by atoms with van der Waals surface area (Å²) in [6.45, 7) is 0. The van der Waals surface area contributed by atoms with Crippen molar-refractivity contribution in [3.8, 4) is 11.5 Å². The Balaban J connectivity index is 2.23. The standard InChI is InChI=1S/C15H7Cl2FO3/c16-8-3-1-4-9(17)15(8)21-12-7-13(19)20-11-6-2-5-10(18)14(11)12/h1-7H. The van der Waals surface area contributed by atoms with Crippen LogP contribution in [0, 0.1) is 5.82 Å². The third-order valence-electron chi connectivity index (χ3n) is 2.81. The SMILES string of the molecule is O=c1cc(Oc2c(Cl)cccc2Cl)c2c(F)cccc2o1. The molecule has 0 saturated carbocycles. The first-order valence-corrected chi connectivity index (χ1v) is 6.66. The van der Waals surface area contributed by atoms with E-state index in [1.807, 2.05) is 0 Å². The Morgan fingerprint density at radius 1 is 1.05 bits per heavy atom. The summed E-state index contributed by atoms with van der Waals surface area (Å²) in [6, 6.07) is 10.00. The molecule has 3 aromatic rings. The average Bonchev–Trinajstić information content (AvgIpc) is 2.42. The summed E-state index contributed by atoms with van der Waals surface area (Å²) in [7, 11) is 0. The molecule has 0 bridgehead atoms. The van der Waals surface area contributed by atoms with Crippen LogP contribution in [0.2, 0.25) is 10.0 Å². The van der Waals surface area contributed by atoms with Gasteiger partial charge in [-0.15, -0.1) is 0 Å². The molecule has 21 heavy (non-hydrogen) atoms. The molecule has 0 aliphatic carbocycles. The maximum Gasteiger partial charge on any atom is 0.339 e. The van der Waals surface area contributed by atoms with Crippen molar-refractivity contribution in [2.75, 3.05) is 0 Å². The summed E-state index contributed by atoms with van der Waals surface area (Å²) in [5, 5.41) is 0.550. The smallest absolute Gasteiger partial charge is 0.339 e. The van der Waals surface area contributed by atoms with Crippen molar-refractivity contribution >= 4 is 34.2 Å². The summed E-state index contributed by atoms with van der Waals surface area (Å²) in [6.07, 6.45) is 0. The van der Waals surface area contributed by atoms with Gasteiger partial charge in [0.25, 0.3) is 0 Å². The predicted octanol–water partition coefficient (Wildman–Crippen LogP) is 5.03. The number of benzene rings is 2. The van der Waals surface area contributed by atoms with Gasteiger partial charge in [0.05, 0.1) is 21.5 Å². The molecule has 0 fully saturated rings. The van der Waals surface area contributed by atoms with Gasteiger partial charge in [0.2, 0.25) is 0 Å². The van der Waals surface area contributed by atoms with E-state index in [1.165, 1.54) is 18.2 Å². The third kappa shape index (κ3) is 2.60. The van der Waals surface area contributed by atoms with Crippen LogP contribution in [-0.2, 0) is 0 Å². The Morgan fingerprint density at radius 2 is 1.71 bits per heavy atom. The van der Waals surface area contributed by atoms with Crippen LogP contribution >= 0.6 is 23.2 Å². The Kier molecular flexibility index (Phi) is 3.57. The van der Waals surface area contributed by atoms with Crippen molar-refractivity contribution in [2.24, 2.45) is 0 Å². The summed E-state index contributed by atoms with van der Waals surface area (Å²) < 4.78 is 24.5. The Bertz CT molecular complexity index is 869. The molecule has 0 aliphatic rings. The monoisotopic (exact) mass is 324 g/mol. The Hall–Kier alpha value is -2.04. The van der Waals surface area contributed by atoms with Crippen LogP contribution in [0.5, 0.6) is 11.5 Å². The number of halogens is 3. The fourth-order valence-electron chi connectivity index (χ4n) is 1.92. The van der Waals surface area contributed by atoms with Crippen molar-refractivity contribution < 1.29 is 13.5 Å². The molecule has 0 amide bonds. The number of hydrogen-bond donors (Lipinski definition) is 0. The number of rotatable bonds is 2. The molecular formula is C15H7Cl2FO3. The molecule has 0 aliphatic heterocycles. The number of ether oxygens (including phenoxy) is 1. The van der Waals surface area contributed by atoms with Gasteiger partial charge in [0.15, 0.2) is 5.75 Å². The number of hydrogen-bond acceptors (Lipinski definition) is 3. The second-order valence-corrected chi connectivity index (χ2v) is 5.01. The second kappa shape index (κ2) is 5.39. The molecular weight excluding hydrogens is 318 g/mol. The largest absolute Gasteiger partial charge is 0.453 e. The van der Waals surface area contributed by atoms with E-state index in [0.29, 0.717) is 0 Å². The van der Waals surface area contributed by atoms with Crippen LogP contribution < -0.4 is 10.4 Å². The first-order chi connectivity index (χ1) is 10.1. The molecule has 1 heterocycles. The van der Waals surface area contributed by atoms with Crippen LogP contribution in [0.3, 0.4) is 0 Å². The van der Waals surface area contributed by atoms with Gasteiger partial charge in [-0.2, -0.15) is 0 Å². The lowest BCUT2D eigenvalue weighted by atomic mass is 10.2. The molecule has 0 N–H and O–H groups in total. The van der Waals surface area contributed by atoms with Gasteiger partial charge in [0.1, 0.15) is 17.1 Å². The van der Waals surface area contributed by atoms with Crippen LogP contribution in [-0.4, -0.2) is 0 Å². The van der Waals surface area contributed by atoms with E-state index in [9.17, 15) is 9.18 Å². The van der Waals surface area contributed by atoms with Crippen LogP contribution in [0.1, 0.15) is 0 Å². The van der Waals surface area contributed by atoms with Crippen LogP contribution in [0.4, 0.5) is 4.39 Å². The van der Waals surface area contributed by atoms with E-state index < -0.39 is 11.4 Å². The normalized spacial score (nSPS) is 10.8. The molecule has 6 heteroatoms. The van der Waals surface area contributed by atoms with Gasteiger partial charge in [-0.05, 0) is 24.3 Å². The first kappa shape index (κ1) is 13.9. The molecule has 106 valence electrons. The van der Waals surface area contributed by atoms with Gasteiger partial charge in [-0.3, -0.25) is 0 Å². The highest BCUT2D eigenvalue weighted by atomic mass is 35.5. The lowest BCUT2D eigenvalue weighted by Gasteiger charge is -2.11. The number of para-hydroxylation sites is 1. The minimum absolute atomic E-state index is 0.00523. The van der Waals surface area contributed by atoms with Crippen molar-refractivity contribution in [3.05, 3.63) is 68.7 Å². The molecule has 1 aromatic heterocycles. The highest BCUT2D eigenvalue weighted by Crippen LogP contribution is 2.38. The van der Waals surface area contributed by atoms with E-state index >= 15 is 0 Å². The first-order valence-electron chi connectivity index (χ1n) is 5.90. The van der Waals surface area contributed by atoms with E-state index in [0.717, 1.165) is 6.07 Å². The van der Waals surface area contributed by atoms with Gasteiger partial charge < -0.3 is 9.15 Å². The van der Waals surface area contributed by atoms with Crippen molar-refractivity contribution in [3.63, 3.8) is 0 Å². The molecule has 2 aromatic carbocycles. The molecule has 0 radical (unpaired) electrons. The highest BCUT2D eigenvalue weighted by molar-refractivity contribution is 6.37. The van der Waals surface area contributed by atoms with Crippen molar-refractivity contribution in [1.82, 2.24) is 0 Å². The zero-order chi connectivity index (χ0) is 15.0. The fraction of sp³-hybridized carbons (Fsp3) is 0. The van der Waals surface area contributed by atoms with E-state index in [2.05, 4.69) is 0 Å². The van der Waals surface area contributed by atoms with Gasteiger partial charge in [-0.1, -0.05) is 35.3 Å². The molecule has 0 spiro atoms. The Labute approximate surface area is 128 Å². The quantitative estimate of drug-likeness (QED) is 0.620. The highest BCUT2D eigenvalue weighted by Gasteiger charge is 2.15. The average molecular weight is 325 g/mol. The van der Waals surface area contributed by atoms with Gasteiger partial charge in [0, 0.05) is 0 Å². The lowest BCUT2D eigenvalue weighted by Crippen LogP contribution is -2.00. The maximum absolute atomic E-state index is 14.0. The molecule has 3 rings (SSSR count). The number of fused-ring (bicyclic) bond motifs is 1. The maximum atomic E-state index is 14.0. The van der Waals surface area contributed by atoms with Gasteiger partial charge >= 0.3 is 5.63 Å². The summed E-state index contributed by atoms with van der Waals surface area (Å²) in [5.74, 6) is -0.431. The zero-order valence-corrected chi connectivity index (χ0v) is 11.9. The molecule has 0 atom stereocenters. The molecule has 3 nitrogen and oxygen atoms in total. The van der Waals surface area contributed by atoms with Crippen molar-refractivity contribution in [2.45, 2.75) is 0 Å². The topological polar surface area (TPSA) is 39.4 Å². The minimum atomic E-state index is -0.661. The third-order valence-corrected chi connectivity index (χ3v) is 3.41. The fourth-order valence-corrected chi connectivity index (χ4v) is 2.39.